The van der Waals surface area contributed by atoms with Crippen LogP contribution in [-0.4, -0.2) is 10.2 Å². The van der Waals surface area contributed by atoms with E-state index in [2.05, 4.69) is 29.8 Å². The number of hydrogen-bond acceptors (Lipinski definition) is 3. The third-order valence-corrected chi connectivity index (χ3v) is 3.23. The minimum absolute atomic E-state index is 0.214. The Morgan fingerprint density at radius 1 is 1.10 bits per heavy atom. The number of anilines is 1. The first kappa shape index (κ1) is 14.4. The molecule has 0 amide bonds. The van der Waals surface area contributed by atoms with Gasteiger partial charge in [-0.05, 0) is 54.2 Å². The third kappa shape index (κ3) is 3.76. The van der Waals surface area contributed by atoms with Crippen molar-refractivity contribution in [2.45, 2.75) is 4.90 Å². The van der Waals surface area contributed by atoms with Gasteiger partial charge in [0.25, 0.3) is 0 Å². The van der Waals surface area contributed by atoms with Gasteiger partial charge in [0.05, 0.1) is 5.69 Å². The van der Waals surface area contributed by atoms with Gasteiger partial charge in [-0.25, -0.2) is 0 Å². The minimum atomic E-state index is 0.214. The van der Waals surface area contributed by atoms with Gasteiger partial charge in [0, 0.05) is 10.6 Å². The number of nitrogens with one attached hydrogen (secondary N) is 2. The summed E-state index contributed by atoms with van der Waals surface area (Å²) in [5.74, 6) is 0.214. The highest BCUT2D eigenvalue weighted by atomic mass is 32.1. The number of thiocarbonyl (C=S) groups is 1. The van der Waals surface area contributed by atoms with Crippen molar-refractivity contribution in [2.24, 2.45) is 0 Å². The molecule has 0 fully saturated rings. The lowest BCUT2D eigenvalue weighted by Gasteiger charge is -2.14. The van der Waals surface area contributed by atoms with Crippen molar-refractivity contribution in [2.75, 3.05) is 5.32 Å². The summed E-state index contributed by atoms with van der Waals surface area (Å²) in [4.78, 5) is 0.812. The van der Waals surface area contributed by atoms with E-state index in [0.717, 1.165) is 16.1 Å². The fourth-order valence-corrected chi connectivity index (χ4v) is 2.05. The molecule has 102 valence electrons. The fraction of sp³-hybridized carbons (Fsp3) is 0. The Labute approximate surface area is 128 Å². The molecule has 0 unspecified atom stereocenters. The fourth-order valence-electron chi connectivity index (χ4n) is 1.60. The summed E-state index contributed by atoms with van der Waals surface area (Å²) in [5, 5.41) is 15.7. The van der Waals surface area contributed by atoms with Gasteiger partial charge in [-0.3, -0.25) is 0 Å². The predicted octanol–water partition coefficient (Wildman–Crippen LogP) is 3.64. The highest BCUT2D eigenvalue weighted by molar-refractivity contribution is 7.81. The number of hydrogen-bond donors (Lipinski definition) is 4. The maximum atomic E-state index is 9.25. The van der Waals surface area contributed by atoms with Crippen LogP contribution in [0.5, 0.6) is 5.75 Å². The number of rotatable bonds is 3. The van der Waals surface area contributed by atoms with Gasteiger partial charge in [-0.15, -0.1) is 12.6 Å². The van der Waals surface area contributed by atoms with Crippen LogP contribution in [0.4, 0.5) is 5.69 Å². The van der Waals surface area contributed by atoms with Gasteiger partial charge < -0.3 is 15.7 Å². The second-order valence-corrected chi connectivity index (χ2v) is 5.01. The number of thiol groups is 1. The summed E-state index contributed by atoms with van der Waals surface area (Å²) >= 11 is 9.58. The molecule has 0 saturated heterocycles. The molecule has 0 bridgehead atoms. The smallest absolute Gasteiger partial charge is 0.175 e. The molecule has 0 saturated carbocycles. The second kappa shape index (κ2) is 6.45. The van der Waals surface area contributed by atoms with E-state index in [1.807, 2.05) is 24.3 Å². The number of phenols is 1. The third-order valence-electron chi connectivity index (χ3n) is 2.63. The van der Waals surface area contributed by atoms with E-state index in [-0.39, 0.29) is 5.75 Å². The molecular formula is C15H14N2OS2. The number of benzene rings is 2. The van der Waals surface area contributed by atoms with E-state index >= 15 is 0 Å². The topological polar surface area (TPSA) is 44.3 Å². The maximum Gasteiger partial charge on any atom is 0.175 e. The summed E-state index contributed by atoms with van der Waals surface area (Å²) in [5.41, 5.74) is 2.33. The van der Waals surface area contributed by atoms with E-state index in [4.69, 9.17) is 12.2 Å². The molecule has 0 aliphatic carbocycles. The summed E-state index contributed by atoms with van der Waals surface area (Å²) in [7, 11) is 0. The van der Waals surface area contributed by atoms with Crippen LogP contribution in [0.3, 0.4) is 0 Å². The van der Waals surface area contributed by atoms with Crippen LogP contribution in [-0.2, 0) is 0 Å². The van der Waals surface area contributed by atoms with Crippen molar-refractivity contribution < 1.29 is 5.11 Å². The van der Waals surface area contributed by atoms with Crippen LogP contribution in [0, 0.1) is 0 Å². The zero-order valence-corrected chi connectivity index (χ0v) is 12.3. The number of phenolic OH excluding ortho intramolecular Hbond substituents is 1. The average Bonchev–Trinajstić information content (AvgIpc) is 2.42. The molecule has 20 heavy (non-hydrogen) atoms. The Morgan fingerprint density at radius 3 is 2.40 bits per heavy atom. The molecule has 5 heteroatoms. The molecule has 0 aliphatic heterocycles. The quantitative estimate of drug-likeness (QED) is 0.516. The molecule has 3 nitrogen and oxygen atoms in total. The Hall–Kier alpha value is -1.98. The van der Waals surface area contributed by atoms with Crippen LogP contribution in [0.1, 0.15) is 5.56 Å². The minimum Gasteiger partial charge on any atom is -0.508 e. The lowest BCUT2D eigenvalue weighted by molar-refractivity contribution is 0.475. The first-order valence-corrected chi connectivity index (χ1v) is 6.76. The molecular weight excluding hydrogens is 288 g/mol. The molecule has 2 aromatic rings. The molecule has 3 N–H and O–H groups in total. The van der Waals surface area contributed by atoms with Crippen molar-refractivity contribution in [3.05, 3.63) is 60.7 Å². The first-order valence-electron chi connectivity index (χ1n) is 5.90. The largest absolute Gasteiger partial charge is 0.508 e. The van der Waals surface area contributed by atoms with Gasteiger partial charge in [-0.2, -0.15) is 0 Å². The van der Waals surface area contributed by atoms with Crippen LogP contribution >= 0.6 is 24.8 Å². The van der Waals surface area contributed by atoms with E-state index in [1.54, 1.807) is 24.3 Å². The monoisotopic (exact) mass is 302 g/mol. The van der Waals surface area contributed by atoms with Gasteiger partial charge in [-0.1, -0.05) is 18.7 Å². The zero-order chi connectivity index (χ0) is 14.5. The molecule has 2 aromatic carbocycles. The predicted molar refractivity (Wildman–Crippen MR) is 90.2 cm³/mol. The molecule has 0 radical (unpaired) electrons. The van der Waals surface area contributed by atoms with Crippen LogP contribution < -0.4 is 10.6 Å². The van der Waals surface area contributed by atoms with Gasteiger partial charge in [0.2, 0.25) is 0 Å². The molecule has 0 heterocycles. The first-order chi connectivity index (χ1) is 9.56. The average molecular weight is 302 g/mol. The molecule has 2 rings (SSSR count). The van der Waals surface area contributed by atoms with E-state index in [1.165, 1.54) is 0 Å². The van der Waals surface area contributed by atoms with E-state index in [9.17, 15) is 5.11 Å². The highest BCUT2D eigenvalue weighted by Gasteiger charge is 2.04. The summed E-state index contributed by atoms with van der Waals surface area (Å²) in [6.45, 7) is 3.92. The van der Waals surface area contributed by atoms with Crippen molar-refractivity contribution in [3.63, 3.8) is 0 Å². The van der Waals surface area contributed by atoms with Gasteiger partial charge in [0.15, 0.2) is 5.11 Å². The van der Waals surface area contributed by atoms with Crippen LogP contribution in [0.2, 0.25) is 0 Å². The van der Waals surface area contributed by atoms with Crippen LogP contribution in [0.25, 0.3) is 5.70 Å². The van der Waals surface area contributed by atoms with E-state index < -0.39 is 0 Å². The summed E-state index contributed by atoms with van der Waals surface area (Å²) in [6, 6.07) is 14.3. The van der Waals surface area contributed by atoms with Crippen molar-refractivity contribution in [1.82, 2.24) is 5.32 Å². The van der Waals surface area contributed by atoms with Crippen molar-refractivity contribution >= 4 is 41.3 Å². The molecule has 0 atom stereocenters. The second-order valence-electron chi connectivity index (χ2n) is 4.12. The van der Waals surface area contributed by atoms with Gasteiger partial charge in [0.1, 0.15) is 5.75 Å². The SMILES string of the molecule is C=C(NC(=S)Nc1ccccc1S)c1ccc(O)cc1. The highest BCUT2D eigenvalue weighted by Crippen LogP contribution is 2.19. The lowest BCUT2D eigenvalue weighted by atomic mass is 10.2. The standard InChI is InChI=1S/C15H14N2OS2/c1-10(11-6-8-12(18)9-7-11)16-15(20)17-13-4-2-3-5-14(13)19/h2-9,18-19H,1H2,(H2,16,17,20). The Bertz CT molecular complexity index is 639. The summed E-state index contributed by atoms with van der Waals surface area (Å²) < 4.78 is 0. The Kier molecular flexibility index (Phi) is 4.65. The number of para-hydroxylation sites is 1. The molecule has 0 spiro atoms. The zero-order valence-electron chi connectivity index (χ0n) is 10.6. The lowest BCUT2D eigenvalue weighted by Crippen LogP contribution is -2.26. The van der Waals surface area contributed by atoms with E-state index in [0.29, 0.717) is 10.8 Å². The Balaban J connectivity index is 2.00. The maximum absolute atomic E-state index is 9.25. The summed E-state index contributed by atoms with van der Waals surface area (Å²) in [6.07, 6.45) is 0. The van der Waals surface area contributed by atoms with Crippen LogP contribution in [0.15, 0.2) is 60.0 Å². The van der Waals surface area contributed by atoms with Crippen molar-refractivity contribution in [3.8, 4) is 5.75 Å². The normalized spacial score (nSPS) is 9.85. The Morgan fingerprint density at radius 2 is 1.75 bits per heavy atom. The molecule has 0 aliphatic rings. The van der Waals surface area contributed by atoms with Gasteiger partial charge >= 0.3 is 0 Å². The number of aromatic hydroxyl groups is 1. The molecule has 0 aromatic heterocycles. The van der Waals surface area contributed by atoms with Crippen molar-refractivity contribution in [1.29, 1.82) is 0 Å².